The van der Waals surface area contributed by atoms with Gasteiger partial charge in [0.05, 0.1) is 11.3 Å². The number of nitro groups is 1. The molecule has 0 aromatic carbocycles. The van der Waals surface area contributed by atoms with E-state index in [1.807, 2.05) is 0 Å². The van der Waals surface area contributed by atoms with Crippen LogP contribution in [-0.4, -0.2) is 33.3 Å². The van der Waals surface area contributed by atoms with Crippen molar-refractivity contribution < 1.29 is 14.1 Å². The first kappa shape index (κ1) is 12.5. The third-order valence-electron chi connectivity index (χ3n) is 2.95. The number of aryl methyl sites for hydroxylation is 1. The first-order chi connectivity index (χ1) is 8.50. The van der Waals surface area contributed by atoms with E-state index >= 15 is 0 Å². The fraction of sp³-hybridized carbons (Fsp3) is 0.600. The van der Waals surface area contributed by atoms with Crippen LogP contribution in [0.4, 0.5) is 15.9 Å². The number of hydrogen-bond donors (Lipinski definition) is 0. The lowest BCUT2D eigenvalue weighted by molar-refractivity contribution is -0.384. The lowest BCUT2D eigenvalue weighted by Gasteiger charge is -2.24. The highest BCUT2D eigenvalue weighted by molar-refractivity contribution is 5.80. The van der Waals surface area contributed by atoms with Crippen LogP contribution in [0.5, 0.6) is 0 Å². The van der Waals surface area contributed by atoms with Crippen molar-refractivity contribution in [1.29, 1.82) is 0 Å². The summed E-state index contributed by atoms with van der Waals surface area (Å²) in [6.45, 7) is 0.271. The zero-order chi connectivity index (χ0) is 13.3. The minimum atomic E-state index is -1.53. The third-order valence-corrected chi connectivity index (χ3v) is 2.95. The second-order valence-electron chi connectivity index (χ2n) is 4.21. The Labute approximate surface area is 102 Å². The van der Waals surface area contributed by atoms with E-state index in [1.165, 1.54) is 16.6 Å². The van der Waals surface area contributed by atoms with Gasteiger partial charge in [-0.2, -0.15) is 5.10 Å². The number of aromatic nitrogens is 2. The van der Waals surface area contributed by atoms with Gasteiger partial charge in [-0.1, -0.05) is 0 Å². The Kier molecular flexibility index (Phi) is 3.26. The number of rotatable bonds is 2. The van der Waals surface area contributed by atoms with Gasteiger partial charge in [-0.15, -0.1) is 0 Å². The molecule has 1 fully saturated rings. The minimum absolute atomic E-state index is 0.113. The number of ketones is 1. The van der Waals surface area contributed by atoms with Crippen molar-refractivity contribution in [2.75, 3.05) is 11.4 Å². The fourth-order valence-corrected chi connectivity index (χ4v) is 2.11. The molecule has 0 N–H and O–H groups in total. The first-order valence-electron chi connectivity index (χ1n) is 5.59. The van der Waals surface area contributed by atoms with Gasteiger partial charge < -0.3 is 4.90 Å². The van der Waals surface area contributed by atoms with Crippen LogP contribution in [0.3, 0.4) is 0 Å². The summed E-state index contributed by atoms with van der Waals surface area (Å²) < 4.78 is 15.3. The van der Waals surface area contributed by atoms with Crippen LogP contribution < -0.4 is 4.90 Å². The molecule has 0 spiro atoms. The molecule has 2 heterocycles. The van der Waals surface area contributed by atoms with Crippen LogP contribution >= 0.6 is 0 Å². The maximum atomic E-state index is 14.0. The average Bonchev–Trinajstić information content (AvgIpc) is 2.58. The highest BCUT2D eigenvalue weighted by atomic mass is 19.1. The first-order valence-corrected chi connectivity index (χ1v) is 5.59. The van der Waals surface area contributed by atoms with E-state index in [2.05, 4.69) is 5.10 Å². The van der Waals surface area contributed by atoms with Crippen molar-refractivity contribution in [2.24, 2.45) is 7.05 Å². The summed E-state index contributed by atoms with van der Waals surface area (Å²) in [5, 5.41) is 14.6. The monoisotopic (exact) mass is 256 g/mol. The van der Waals surface area contributed by atoms with Crippen LogP contribution in [0, 0.1) is 10.1 Å². The Morgan fingerprint density at radius 1 is 1.61 bits per heavy atom. The molecule has 0 saturated carbocycles. The average molecular weight is 256 g/mol. The van der Waals surface area contributed by atoms with Gasteiger partial charge in [0.25, 0.3) is 0 Å². The largest absolute Gasteiger partial charge is 0.331 e. The Bertz CT molecular complexity index is 487. The van der Waals surface area contributed by atoms with E-state index in [-0.39, 0.29) is 30.3 Å². The molecule has 0 aliphatic carbocycles. The van der Waals surface area contributed by atoms with E-state index in [4.69, 9.17) is 0 Å². The Hall–Kier alpha value is -1.99. The van der Waals surface area contributed by atoms with Crippen LogP contribution in [0.15, 0.2) is 6.20 Å². The van der Waals surface area contributed by atoms with E-state index in [1.54, 1.807) is 0 Å². The predicted molar refractivity (Wildman–Crippen MR) is 61.0 cm³/mol. The van der Waals surface area contributed by atoms with Gasteiger partial charge >= 0.3 is 5.69 Å². The molecule has 0 radical (unpaired) electrons. The quantitative estimate of drug-likeness (QED) is 0.451. The van der Waals surface area contributed by atoms with Gasteiger partial charge in [0.15, 0.2) is 6.30 Å². The molecule has 0 bridgehead atoms. The van der Waals surface area contributed by atoms with Gasteiger partial charge in [0.1, 0.15) is 12.0 Å². The number of Topliss-reactive ketones (excluding diaryl/α,β-unsaturated/α-hetero) is 1. The van der Waals surface area contributed by atoms with Crippen molar-refractivity contribution in [3.63, 3.8) is 0 Å². The van der Waals surface area contributed by atoms with Gasteiger partial charge in [-0.3, -0.25) is 14.9 Å². The predicted octanol–water partition coefficient (Wildman–Crippen LogP) is 1.18. The highest BCUT2D eigenvalue weighted by Gasteiger charge is 2.32. The molecule has 98 valence electrons. The fourth-order valence-electron chi connectivity index (χ4n) is 2.11. The van der Waals surface area contributed by atoms with E-state index in [0.29, 0.717) is 12.8 Å². The van der Waals surface area contributed by atoms with Crippen molar-refractivity contribution in [2.45, 2.75) is 25.6 Å². The molecule has 1 aromatic heterocycles. The number of hydrogen-bond acceptors (Lipinski definition) is 5. The molecule has 1 aliphatic rings. The topological polar surface area (TPSA) is 81.3 Å². The molecular formula is C10H13FN4O3. The number of halogens is 1. The number of carbonyl (C=O) groups excluding carboxylic acids is 1. The van der Waals surface area contributed by atoms with Crippen molar-refractivity contribution in [3.05, 3.63) is 16.3 Å². The van der Waals surface area contributed by atoms with E-state index in [9.17, 15) is 19.3 Å². The summed E-state index contributed by atoms with van der Waals surface area (Å²) in [7, 11) is 1.52. The van der Waals surface area contributed by atoms with Gasteiger partial charge in [0, 0.05) is 20.0 Å². The van der Waals surface area contributed by atoms with Crippen molar-refractivity contribution >= 4 is 17.3 Å². The van der Waals surface area contributed by atoms with Crippen LogP contribution in [0.2, 0.25) is 0 Å². The van der Waals surface area contributed by atoms with Crippen molar-refractivity contribution in [3.8, 4) is 0 Å². The van der Waals surface area contributed by atoms with Gasteiger partial charge in [-0.05, 0) is 6.42 Å². The summed E-state index contributed by atoms with van der Waals surface area (Å²) in [6, 6.07) is 0. The van der Waals surface area contributed by atoms with Crippen LogP contribution in [-0.2, 0) is 11.8 Å². The minimum Gasteiger partial charge on any atom is -0.321 e. The standard InChI is InChI=1S/C10H13FN4O3/c1-13-10(8(6-12-13)15(17)18)14-4-2-3-7(16)5-9(14)11/h6,9H,2-5H2,1H3. The third kappa shape index (κ3) is 2.18. The van der Waals surface area contributed by atoms with Crippen molar-refractivity contribution in [1.82, 2.24) is 9.78 Å². The highest BCUT2D eigenvalue weighted by Crippen LogP contribution is 2.31. The Morgan fingerprint density at radius 2 is 2.33 bits per heavy atom. The maximum absolute atomic E-state index is 14.0. The summed E-state index contributed by atoms with van der Waals surface area (Å²) in [4.78, 5) is 22.8. The normalized spacial score (nSPS) is 20.9. The lowest BCUT2D eigenvalue weighted by Crippen LogP contribution is -2.34. The zero-order valence-corrected chi connectivity index (χ0v) is 9.87. The Balaban J connectivity index is 2.37. The van der Waals surface area contributed by atoms with Crippen LogP contribution in [0.1, 0.15) is 19.3 Å². The molecular weight excluding hydrogens is 243 g/mol. The van der Waals surface area contributed by atoms with E-state index < -0.39 is 11.2 Å². The number of anilines is 1. The molecule has 7 nitrogen and oxygen atoms in total. The molecule has 2 rings (SSSR count). The molecule has 1 unspecified atom stereocenters. The molecule has 1 saturated heterocycles. The molecule has 8 heteroatoms. The second-order valence-corrected chi connectivity index (χ2v) is 4.21. The molecule has 1 atom stereocenters. The molecule has 1 aromatic rings. The van der Waals surface area contributed by atoms with Gasteiger partial charge in [0.2, 0.25) is 5.82 Å². The summed E-state index contributed by atoms with van der Waals surface area (Å²) in [5.74, 6) is -0.0444. The van der Waals surface area contributed by atoms with E-state index in [0.717, 1.165) is 6.20 Å². The molecule has 0 amide bonds. The summed E-state index contributed by atoms with van der Waals surface area (Å²) >= 11 is 0. The maximum Gasteiger partial charge on any atom is 0.331 e. The summed E-state index contributed by atoms with van der Waals surface area (Å²) in [6.07, 6.45) is 0.121. The molecule has 1 aliphatic heterocycles. The van der Waals surface area contributed by atoms with Crippen LogP contribution in [0.25, 0.3) is 0 Å². The smallest absolute Gasteiger partial charge is 0.321 e. The zero-order valence-electron chi connectivity index (χ0n) is 9.87. The SMILES string of the molecule is Cn1ncc([N+](=O)[O-])c1N1CCCC(=O)CC1F. The number of carbonyl (C=O) groups is 1. The second kappa shape index (κ2) is 4.71. The number of nitrogens with zero attached hydrogens (tertiary/aromatic N) is 4. The Morgan fingerprint density at radius 3 is 3.00 bits per heavy atom. The van der Waals surface area contributed by atoms with Gasteiger partial charge in [-0.25, -0.2) is 9.07 Å². The molecule has 18 heavy (non-hydrogen) atoms. The lowest BCUT2D eigenvalue weighted by atomic mass is 10.2. The number of alkyl halides is 1. The summed E-state index contributed by atoms with van der Waals surface area (Å²) in [5.41, 5.74) is -0.241.